The highest BCUT2D eigenvalue weighted by Gasteiger charge is 2.49. The molecule has 23 heavy (non-hydrogen) atoms. The topological polar surface area (TPSA) is 32.3 Å². The van der Waals surface area contributed by atoms with Crippen LogP contribution in [-0.4, -0.2) is 29.7 Å². The summed E-state index contributed by atoms with van der Waals surface area (Å²) in [5.41, 5.74) is 2.73. The van der Waals surface area contributed by atoms with E-state index in [1.165, 1.54) is 0 Å². The quantitative estimate of drug-likeness (QED) is 0.808. The maximum atomic E-state index is 13.3. The molecule has 1 fully saturated rings. The molecule has 2 rings (SSSR count). The number of hydrogen-bond acceptors (Lipinski definition) is 2. The fourth-order valence-electron chi connectivity index (χ4n) is 2.81. The van der Waals surface area contributed by atoms with Crippen molar-refractivity contribution in [3.8, 4) is 0 Å². The van der Waals surface area contributed by atoms with Crippen molar-refractivity contribution in [2.24, 2.45) is 5.41 Å². The first-order valence-corrected chi connectivity index (χ1v) is 7.88. The molecule has 1 saturated heterocycles. The van der Waals surface area contributed by atoms with Crippen LogP contribution in [0.3, 0.4) is 0 Å². The first kappa shape index (κ1) is 17.8. The van der Waals surface area contributed by atoms with E-state index < -0.39 is 17.6 Å². The van der Waals surface area contributed by atoms with Gasteiger partial charge in [0.25, 0.3) is 0 Å². The number of carbonyl (C=O) groups is 1. The highest BCUT2D eigenvalue weighted by molar-refractivity contribution is 5.83. The molecular formula is C17H23F3N2O. The van der Waals surface area contributed by atoms with Crippen molar-refractivity contribution in [3.63, 3.8) is 0 Å². The summed E-state index contributed by atoms with van der Waals surface area (Å²) in [4.78, 5) is 11.7. The molecular weight excluding hydrogens is 305 g/mol. The molecule has 1 aliphatic rings. The Kier molecular flexibility index (Phi) is 5.34. The van der Waals surface area contributed by atoms with E-state index in [4.69, 9.17) is 0 Å². The van der Waals surface area contributed by atoms with E-state index in [9.17, 15) is 18.0 Å². The Labute approximate surface area is 134 Å². The summed E-state index contributed by atoms with van der Waals surface area (Å²) in [5, 5.41) is 1.06. The van der Waals surface area contributed by atoms with E-state index in [1.54, 1.807) is 13.8 Å². The van der Waals surface area contributed by atoms with Crippen molar-refractivity contribution >= 4 is 5.91 Å². The molecule has 0 bridgehead atoms. The average molecular weight is 328 g/mol. The number of nitrogens with zero attached hydrogens (tertiary/aromatic N) is 1. The molecule has 128 valence electrons. The summed E-state index contributed by atoms with van der Waals surface area (Å²) < 4.78 is 39.9. The van der Waals surface area contributed by atoms with Crippen molar-refractivity contribution in [1.29, 1.82) is 0 Å². The minimum atomic E-state index is -4.35. The summed E-state index contributed by atoms with van der Waals surface area (Å²) in [6, 6.07) is 8.10. The Morgan fingerprint density at radius 3 is 2.39 bits per heavy atom. The fourth-order valence-corrected chi connectivity index (χ4v) is 2.81. The molecule has 0 radical (unpaired) electrons. The van der Waals surface area contributed by atoms with Gasteiger partial charge in [0.05, 0.1) is 5.41 Å². The zero-order chi connectivity index (χ0) is 17.1. The Balaban J connectivity index is 1.89. The fraction of sp³-hybridized carbons (Fsp3) is 0.588. The van der Waals surface area contributed by atoms with Crippen LogP contribution in [-0.2, 0) is 11.2 Å². The molecule has 1 aromatic rings. The van der Waals surface area contributed by atoms with Crippen LogP contribution >= 0.6 is 0 Å². The molecule has 1 N–H and O–H groups in total. The van der Waals surface area contributed by atoms with Gasteiger partial charge in [0.1, 0.15) is 6.04 Å². The van der Waals surface area contributed by atoms with E-state index >= 15 is 0 Å². The SMILES string of the molecule is CC1(C)CN(C(CCCCc2ccccc2)C(F)(F)F)NC1=O. The largest absolute Gasteiger partial charge is 0.405 e. The van der Waals surface area contributed by atoms with Crippen LogP contribution in [0, 0.1) is 5.41 Å². The molecule has 3 nitrogen and oxygen atoms in total. The Morgan fingerprint density at radius 1 is 1.22 bits per heavy atom. The summed E-state index contributed by atoms with van der Waals surface area (Å²) >= 11 is 0. The van der Waals surface area contributed by atoms with Gasteiger partial charge in [0.2, 0.25) is 5.91 Å². The van der Waals surface area contributed by atoms with Crippen LogP contribution in [0.5, 0.6) is 0 Å². The molecule has 6 heteroatoms. The minimum absolute atomic E-state index is 0.00725. The zero-order valence-electron chi connectivity index (χ0n) is 13.5. The van der Waals surface area contributed by atoms with Gasteiger partial charge in [-0.1, -0.05) is 36.8 Å². The van der Waals surface area contributed by atoms with Crippen molar-refractivity contribution in [2.45, 2.75) is 51.7 Å². The maximum absolute atomic E-state index is 13.3. The number of benzene rings is 1. The van der Waals surface area contributed by atoms with Crippen molar-refractivity contribution < 1.29 is 18.0 Å². The van der Waals surface area contributed by atoms with Crippen LogP contribution in [0.25, 0.3) is 0 Å². The van der Waals surface area contributed by atoms with Gasteiger partial charge in [-0.2, -0.15) is 13.2 Å². The maximum Gasteiger partial charge on any atom is 0.405 e. The normalized spacial score (nSPS) is 19.6. The lowest BCUT2D eigenvalue weighted by atomic mass is 9.94. The Bertz CT molecular complexity index is 528. The second-order valence-corrected chi connectivity index (χ2v) is 6.74. The molecule has 0 aromatic heterocycles. The molecule has 1 aliphatic heterocycles. The van der Waals surface area contributed by atoms with Crippen LogP contribution < -0.4 is 5.43 Å². The highest BCUT2D eigenvalue weighted by Crippen LogP contribution is 2.33. The van der Waals surface area contributed by atoms with Gasteiger partial charge < -0.3 is 0 Å². The summed E-state index contributed by atoms with van der Waals surface area (Å²) in [7, 11) is 0. The van der Waals surface area contributed by atoms with Gasteiger partial charge in [-0.15, -0.1) is 0 Å². The first-order valence-electron chi connectivity index (χ1n) is 7.88. The molecule has 0 spiro atoms. The van der Waals surface area contributed by atoms with Gasteiger partial charge in [-0.05, 0) is 38.7 Å². The summed E-state index contributed by atoms with van der Waals surface area (Å²) in [6.07, 6.45) is -2.43. The molecule has 1 unspecified atom stereocenters. The first-order chi connectivity index (χ1) is 10.7. The number of rotatable bonds is 6. The molecule has 1 aromatic carbocycles. The van der Waals surface area contributed by atoms with Crippen LogP contribution in [0.15, 0.2) is 30.3 Å². The summed E-state index contributed by atoms with van der Waals surface area (Å²) in [6.45, 7) is 3.39. The van der Waals surface area contributed by atoms with Gasteiger partial charge in [0, 0.05) is 6.54 Å². The van der Waals surface area contributed by atoms with Crippen molar-refractivity contribution in [1.82, 2.24) is 10.4 Å². The lowest BCUT2D eigenvalue weighted by Gasteiger charge is -2.29. The number of hydrogen-bond donors (Lipinski definition) is 1. The van der Waals surface area contributed by atoms with Gasteiger partial charge >= 0.3 is 6.18 Å². The third kappa shape index (κ3) is 4.70. The molecule has 1 amide bonds. The monoisotopic (exact) mass is 328 g/mol. The van der Waals surface area contributed by atoms with Gasteiger partial charge in [-0.3, -0.25) is 10.2 Å². The van der Waals surface area contributed by atoms with E-state index in [2.05, 4.69) is 5.43 Å². The highest BCUT2D eigenvalue weighted by atomic mass is 19.4. The molecule has 1 heterocycles. The van der Waals surface area contributed by atoms with Crippen LogP contribution in [0.2, 0.25) is 0 Å². The lowest BCUT2D eigenvalue weighted by molar-refractivity contribution is -0.190. The third-order valence-electron chi connectivity index (χ3n) is 4.22. The van der Waals surface area contributed by atoms with Crippen molar-refractivity contribution in [2.75, 3.05) is 6.54 Å². The number of nitrogens with one attached hydrogen (secondary N) is 1. The smallest absolute Gasteiger partial charge is 0.288 e. The second-order valence-electron chi connectivity index (χ2n) is 6.74. The third-order valence-corrected chi connectivity index (χ3v) is 4.22. The predicted octanol–water partition coefficient (Wildman–Crippen LogP) is 3.70. The van der Waals surface area contributed by atoms with E-state index in [0.29, 0.717) is 12.8 Å². The number of unbranched alkanes of at least 4 members (excludes halogenated alkanes) is 1. The summed E-state index contributed by atoms with van der Waals surface area (Å²) in [5.74, 6) is -0.351. The minimum Gasteiger partial charge on any atom is -0.288 e. The van der Waals surface area contributed by atoms with Gasteiger partial charge in [-0.25, -0.2) is 5.01 Å². The average Bonchev–Trinajstić information content (AvgIpc) is 2.72. The zero-order valence-corrected chi connectivity index (χ0v) is 13.5. The standard InChI is InChI=1S/C17H23F3N2O/c1-16(2)12-22(21-15(16)23)14(17(18,19)20)11-7-6-10-13-8-4-3-5-9-13/h3-5,8-9,14H,6-7,10-12H2,1-2H3,(H,21,23). The number of carbonyl (C=O) groups excluding carboxylic acids is 1. The number of hydrazine groups is 1. The number of aryl methyl sites for hydroxylation is 1. The number of amides is 1. The lowest BCUT2D eigenvalue weighted by Crippen LogP contribution is -2.49. The van der Waals surface area contributed by atoms with E-state index in [-0.39, 0.29) is 18.9 Å². The van der Waals surface area contributed by atoms with Crippen LogP contribution in [0.1, 0.15) is 38.7 Å². The molecule has 0 aliphatic carbocycles. The predicted molar refractivity (Wildman–Crippen MR) is 82.5 cm³/mol. The molecule has 1 atom stereocenters. The second kappa shape index (κ2) is 6.91. The van der Waals surface area contributed by atoms with Crippen molar-refractivity contribution in [3.05, 3.63) is 35.9 Å². The number of halogens is 3. The van der Waals surface area contributed by atoms with Gasteiger partial charge in [0.15, 0.2) is 0 Å². The van der Waals surface area contributed by atoms with Crippen LogP contribution in [0.4, 0.5) is 13.2 Å². The molecule has 0 saturated carbocycles. The Hall–Kier alpha value is -1.56. The van der Waals surface area contributed by atoms with E-state index in [0.717, 1.165) is 17.0 Å². The number of alkyl halides is 3. The Morgan fingerprint density at radius 2 is 1.87 bits per heavy atom. The van der Waals surface area contributed by atoms with E-state index in [1.807, 2.05) is 30.3 Å².